The van der Waals surface area contributed by atoms with Crippen molar-refractivity contribution in [3.63, 3.8) is 0 Å². The van der Waals surface area contributed by atoms with Crippen LogP contribution in [0, 0.1) is 12.3 Å². The quantitative estimate of drug-likeness (QED) is 0.848. The Kier molecular flexibility index (Phi) is 3.98. The Morgan fingerprint density at radius 3 is 2.38 bits per heavy atom. The Hall–Kier alpha value is -1.02. The zero-order chi connectivity index (χ0) is 12.3. The second-order valence-corrected chi connectivity index (χ2v) is 5.75. The van der Waals surface area contributed by atoms with E-state index in [1.54, 1.807) is 0 Å². The highest BCUT2D eigenvalue weighted by atomic mass is 15.1. The third-order valence-corrected chi connectivity index (χ3v) is 2.58. The summed E-state index contributed by atoms with van der Waals surface area (Å²) in [5.41, 5.74) is 9.84. The summed E-state index contributed by atoms with van der Waals surface area (Å²) >= 11 is 0. The second kappa shape index (κ2) is 4.88. The SMILES string of the molecule is Cc1ccc(CN)c(N(C)CC(C)(C)C)c1. The molecule has 0 amide bonds. The zero-order valence-corrected chi connectivity index (χ0v) is 11.2. The van der Waals surface area contributed by atoms with E-state index in [1.807, 2.05) is 0 Å². The van der Waals surface area contributed by atoms with Crippen molar-refractivity contribution >= 4 is 5.69 Å². The molecule has 0 radical (unpaired) electrons. The molecule has 16 heavy (non-hydrogen) atoms. The van der Waals surface area contributed by atoms with E-state index in [4.69, 9.17) is 5.73 Å². The largest absolute Gasteiger partial charge is 0.374 e. The predicted octanol–water partition coefficient (Wildman–Crippen LogP) is 2.94. The lowest BCUT2D eigenvalue weighted by molar-refractivity contribution is 0.418. The van der Waals surface area contributed by atoms with Crippen molar-refractivity contribution in [1.82, 2.24) is 0 Å². The van der Waals surface area contributed by atoms with Gasteiger partial charge in [-0.15, -0.1) is 0 Å². The Bertz CT molecular complexity index is 350. The molecule has 0 spiro atoms. The molecular formula is C14H24N2. The van der Waals surface area contributed by atoms with Crippen LogP contribution in [0.1, 0.15) is 31.9 Å². The van der Waals surface area contributed by atoms with Gasteiger partial charge in [0.25, 0.3) is 0 Å². The highest BCUT2D eigenvalue weighted by molar-refractivity contribution is 5.55. The monoisotopic (exact) mass is 220 g/mol. The van der Waals surface area contributed by atoms with Crippen molar-refractivity contribution in [2.45, 2.75) is 34.2 Å². The Labute approximate surface area is 99.5 Å². The van der Waals surface area contributed by atoms with Gasteiger partial charge in [-0.3, -0.25) is 0 Å². The average molecular weight is 220 g/mol. The molecule has 0 atom stereocenters. The van der Waals surface area contributed by atoms with Gasteiger partial charge in [0, 0.05) is 25.8 Å². The summed E-state index contributed by atoms with van der Waals surface area (Å²) in [5, 5.41) is 0. The zero-order valence-electron chi connectivity index (χ0n) is 11.2. The molecule has 0 aliphatic carbocycles. The summed E-state index contributed by atoms with van der Waals surface area (Å²) in [6.07, 6.45) is 0. The first-order valence-electron chi connectivity index (χ1n) is 5.84. The fourth-order valence-electron chi connectivity index (χ4n) is 2.00. The Balaban J connectivity index is 2.97. The predicted molar refractivity (Wildman–Crippen MR) is 71.8 cm³/mol. The van der Waals surface area contributed by atoms with E-state index in [1.165, 1.54) is 16.8 Å². The first-order valence-corrected chi connectivity index (χ1v) is 5.84. The van der Waals surface area contributed by atoms with Crippen LogP contribution in [0.4, 0.5) is 5.69 Å². The molecule has 0 aliphatic heterocycles. The molecule has 2 N–H and O–H groups in total. The van der Waals surface area contributed by atoms with Crippen LogP contribution < -0.4 is 10.6 Å². The Morgan fingerprint density at radius 2 is 1.88 bits per heavy atom. The summed E-state index contributed by atoms with van der Waals surface area (Å²) in [5.74, 6) is 0. The van der Waals surface area contributed by atoms with Crippen LogP contribution in [0.25, 0.3) is 0 Å². The number of benzene rings is 1. The summed E-state index contributed by atoms with van der Waals surface area (Å²) in [6.45, 7) is 10.5. The van der Waals surface area contributed by atoms with E-state index >= 15 is 0 Å². The third kappa shape index (κ3) is 3.53. The highest BCUT2D eigenvalue weighted by Crippen LogP contribution is 2.24. The number of rotatable bonds is 3. The highest BCUT2D eigenvalue weighted by Gasteiger charge is 2.15. The van der Waals surface area contributed by atoms with E-state index < -0.39 is 0 Å². The minimum atomic E-state index is 0.296. The van der Waals surface area contributed by atoms with Gasteiger partial charge >= 0.3 is 0 Å². The van der Waals surface area contributed by atoms with Crippen LogP contribution in [0.15, 0.2) is 18.2 Å². The van der Waals surface area contributed by atoms with Crippen molar-refractivity contribution < 1.29 is 0 Å². The molecule has 90 valence electrons. The number of aryl methyl sites for hydroxylation is 1. The fourth-order valence-corrected chi connectivity index (χ4v) is 2.00. The standard InChI is InChI=1S/C14H24N2/c1-11-6-7-12(9-15)13(8-11)16(5)10-14(2,3)4/h6-8H,9-10,15H2,1-5H3. The van der Waals surface area contributed by atoms with Crippen LogP contribution >= 0.6 is 0 Å². The van der Waals surface area contributed by atoms with E-state index in [0.717, 1.165) is 6.54 Å². The molecule has 0 fully saturated rings. The van der Waals surface area contributed by atoms with Crippen LogP contribution in [-0.2, 0) is 6.54 Å². The maximum absolute atomic E-state index is 5.78. The number of nitrogens with two attached hydrogens (primary N) is 1. The molecule has 2 heteroatoms. The van der Waals surface area contributed by atoms with Crippen molar-refractivity contribution in [1.29, 1.82) is 0 Å². The van der Waals surface area contributed by atoms with Crippen molar-refractivity contribution in [2.24, 2.45) is 11.1 Å². The molecule has 0 bridgehead atoms. The minimum absolute atomic E-state index is 0.296. The van der Waals surface area contributed by atoms with Crippen molar-refractivity contribution in [3.8, 4) is 0 Å². The third-order valence-electron chi connectivity index (χ3n) is 2.58. The van der Waals surface area contributed by atoms with Gasteiger partial charge in [0.1, 0.15) is 0 Å². The minimum Gasteiger partial charge on any atom is -0.374 e. The van der Waals surface area contributed by atoms with Gasteiger partial charge in [0.05, 0.1) is 0 Å². The molecule has 0 aliphatic rings. The molecule has 0 unspecified atom stereocenters. The lowest BCUT2D eigenvalue weighted by atomic mass is 9.95. The number of hydrogen-bond acceptors (Lipinski definition) is 2. The molecule has 0 saturated heterocycles. The topological polar surface area (TPSA) is 29.3 Å². The smallest absolute Gasteiger partial charge is 0.0412 e. The molecule has 1 aromatic carbocycles. The normalized spacial score (nSPS) is 11.6. The lowest BCUT2D eigenvalue weighted by Crippen LogP contribution is -2.30. The molecule has 2 nitrogen and oxygen atoms in total. The summed E-state index contributed by atoms with van der Waals surface area (Å²) in [7, 11) is 2.14. The van der Waals surface area contributed by atoms with Gasteiger partial charge in [-0.25, -0.2) is 0 Å². The van der Waals surface area contributed by atoms with Crippen molar-refractivity contribution in [2.75, 3.05) is 18.5 Å². The van der Waals surface area contributed by atoms with E-state index in [-0.39, 0.29) is 0 Å². The fraction of sp³-hybridized carbons (Fsp3) is 0.571. The first-order chi connectivity index (χ1) is 7.33. The lowest BCUT2D eigenvalue weighted by Gasteiger charge is -2.30. The Morgan fingerprint density at radius 1 is 1.25 bits per heavy atom. The van der Waals surface area contributed by atoms with Gasteiger partial charge < -0.3 is 10.6 Å². The number of nitrogens with zero attached hydrogens (tertiary/aromatic N) is 1. The van der Waals surface area contributed by atoms with Crippen LogP contribution in [0.5, 0.6) is 0 Å². The van der Waals surface area contributed by atoms with Crippen molar-refractivity contribution in [3.05, 3.63) is 29.3 Å². The van der Waals surface area contributed by atoms with Crippen LogP contribution in [0.3, 0.4) is 0 Å². The molecule has 1 rings (SSSR count). The summed E-state index contributed by atoms with van der Waals surface area (Å²) in [4.78, 5) is 2.30. The number of anilines is 1. The second-order valence-electron chi connectivity index (χ2n) is 5.75. The van der Waals surface area contributed by atoms with E-state index in [0.29, 0.717) is 12.0 Å². The van der Waals surface area contributed by atoms with Gasteiger partial charge in [0.2, 0.25) is 0 Å². The van der Waals surface area contributed by atoms with Crippen LogP contribution in [-0.4, -0.2) is 13.6 Å². The van der Waals surface area contributed by atoms with Gasteiger partial charge in [-0.05, 0) is 29.5 Å². The van der Waals surface area contributed by atoms with Gasteiger partial charge in [-0.2, -0.15) is 0 Å². The van der Waals surface area contributed by atoms with E-state index in [2.05, 4.69) is 57.8 Å². The van der Waals surface area contributed by atoms with E-state index in [9.17, 15) is 0 Å². The summed E-state index contributed by atoms with van der Waals surface area (Å²) < 4.78 is 0. The maximum Gasteiger partial charge on any atom is 0.0412 e. The molecular weight excluding hydrogens is 196 g/mol. The first kappa shape index (κ1) is 13.0. The summed E-state index contributed by atoms with van der Waals surface area (Å²) in [6, 6.07) is 6.47. The molecule has 1 aromatic rings. The van der Waals surface area contributed by atoms with Crippen LogP contribution in [0.2, 0.25) is 0 Å². The number of hydrogen-bond donors (Lipinski definition) is 1. The van der Waals surface area contributed by atoms with Gasteiger partial charge in [0.15, 0.2) is 0 Å². The molecule has 0 aromatic heterocycles. The van der Waals surface area contributed by atoms with Gasteiger partial charge in [-0.1, -0.05) is 32.9 Å². The molecule has 0 saturated carbocycles. The average Bonchev–Trinajstić information content (AvgIpc) is 2.15. The molecule has 0 heterocycles. The maximum atomic E-state index is 5.78.